The zero-order chi connectivity index (χ0) is 16.1. The number of primary amides is 1. The van der Waals surface area contributed by atoms with Crippen LogP contribution in [0.1, 0.15) is 17.3 Å². The first-order valence-electron chi connectivity index (χ1n) is 6.60. The maximum absolute atomic E-state index is 12.2. The van der Waals surface area contributed by atoms with Gasteiger partial charge in [-0.2, -0.15) is 0 Å². The molecule has 2 amide bonds. The highest BCUT2D eigenvalue weighted by molar-refractivity contribution is 6.32. The van der Waals surface area contributed by atoms with E-state index in [1.807, 2.05) is 0 Å². The molecule has 0 heterocycles. The van der Waals surface area contributed by atoms with Crippen molar-refractivity contribution in [1.29, 1.82) is 0 Å². The number of halogens is 1. The average Bonchev–Trinajstić information content (AvgIpc) is 2.49. The molecule has 5 nitrogen and oxygen atoms in total. The average molecular weight is 319 g/mol. The Morgan fingerprint density at radius 2 is 1.77 bits per heavy atom. The van der Waals surface area contributed by atoms with Crippen LogP contribution in [0.5, 0.6) is 5.75 Å². The number of nitrogens with one attached hydrogen (secondary N) is 1. The molecule has 1 unspecified atom stereocenters. The van der Waals surface area contributed by atoms with Crippen molar-refractivity contribution >= 4 is 29.1 Å². The van der Waals surface area contributed by atoms with Crippen LogP contribution in [-0.2, 0) is 4.79 Å². The topological polar surface area (TPSA) is 81.4 Å². The van der Waals surface area contributed by atoms with Crippen molar-refractivity contribution in [1.82, 2.24) is 0 Å². The number of hydrogen-bond donors (Lipinski definition) is 2. The summed E-state index contributed by atoms with van der Waals surface area (Å²) in [4.78, 5) is 23.5. The highest BCUT2D eigenvalue weighted by atomic mass is 35.5. The summed E-state index contributed by atoms with van der Waals surface area (Å²) in [6, 6.07) is 13.4. The normalized spacial score (nSPS) is 11.5. The summed E-state index contributed by atoms with van der Waals surface area (Å²) < 4.78 is 5.52. The van der Waals surface area contributed by atoms with Gasteiger partial charge in [-0.05, 0) is 31.2 Å². The van der Waals surface area contributed by atoms with E-state index < -0.39 is 17.9 Å². The highest BCUT2D eigenvalue weighted by Crippen LogP contribution is 2.24. The van der Waals surface area contributed by atoms with Crippen LogP contribution in [0.2, 0.25) is 5.02 Å². The van der Waals surface area contributed by atoms with Crippen LogP contribution in [0, 0.1) is 0 Å². The molecule has 0 aliphatic heterocycles. The highest BCUT2D eigenvalue weighted by Gasteiger charge is 2.18. The van der Waals surface area contributed by atoms with Crippen molar-refractivity contribution in [3.63, 3.8) is 0 Å². The number of anilines is 1. The van der Waals surface area contributed by atoms with Crippen molar-refractivity contribution in [2.75, 3.05) is 5.32 Å². The summed E-state index contributed by atoms with van der Waals surface area (Å²) in [5, 5.41) is 3.04. The lowest BCUT2D eigenvalue weighted by atomic mass is 10.1. The number of benzene rings is 2. The first kappa shape index (κ1) is 15.9. The summed E-state index contributed by atoms with van der Waals surface area (Å²) >= 11 is 5.98. The molecule has 2 rings (SSSR count). The minimum absolute atomic E-state index is 0.237. The molecule has 0 bridgehead atoms. The number of ether oxygens (including phenoxy) is 1. The number of para-hydroxylation sites is 2. The monoisotopic (exact) mass is 318 g/mol. The molecule has 0 aliphatic carbocycles. The smallest absolute Gasteiger partial charge is 0.265 e. The van der Waals surface area contributed by atoms with Crippen LogP contribution < -0.4 is 15.8 Å². The zero-order valence-electron chi connectivity index (χ0n) is 11.9. The van der Waals surface area contributed by atoms with Gasteiger partial charge in [0.25, 0.3) is 11.8 Å². The van der Waals surface area contributed by atoms with Gasteiger partial charge in [-0.25, -0.2) is 0 Å². The summed E-state index contributed by atoms with van der Waals surface area (Å²) in [6.45, 7) is 1.59. The number of hydrogen-bond acceptors (Lipinski definition) is 3. The Labute approximate surface area is 133 Å². The minimum Gasteiger partial charge on any atom is -0.479 e. The van der Waals surface area contributed by atoms with Crippen molar-refractivity contribution in [2.24, 2.45) is 5.73 Å². The third-order valence-corrected chi connectivity index (χ3v) is 3.27. The van der Waals surface area contributed by atoms with Crippen LogP contribution in [0.4, 0.5) is 5.69 Å². The van der Waals surface area contributed by atoms with E-state index in [9.17, 15) is 9.59 Å². The molecule has 0 aromatic heterocycles. The summed E-state index contributed by atoms with van der Waals surface area (Å²) in [5.41, 5.74) is 5.85. The molecular formula is C16H15ClN2O3. The number of amides is 2. The van der Waals surface area contributed by atoms with E-state index in [0.29, 0.717) is 16.5 Å². The molecule has 22 heavy (non-hydrogen) atoms. The quantitative estimate of drug-likeness (QED) is 0.889. The Hall–Kier alpha value is -2.53. The Balaban J connectivity index is 2.09. The number of carbonyl (C=O) groups excluding carboxylic acids is 2. The molecule has 2 aromatic rings. The number of rotatable bonds is 5. The van der Waals surface area contributed by atoms with E-state index in [4.69, 9.17) is 22.1 Å². The van der Waals surface area contributed by atoms with E-state index in [-0.39, 0.29) is 5.56 Å². The molecule has 0 spiro atoms. The van der Waals surface area contributed by atoms with Gasteiger partial charge in [-0.3, -0.25) is 9.59 Å². The Morgan fingerprint density at radius 1 is 1.14 bits per heavy atom. The molecule has 0 aliphatic rings. The lowest BCUT2D eigenvalue weighted by Crippen LogP contribution is -2.31. The molecule has 114 valence electrons. The van der Waals surface area contributed by atoms with Crippen molar-refractivity contribution < 1.29 is 14.3 Å². The van der Waals surface area contributed by atoms with E-state index in [0.717, 1.165) is 0 Å². The first-order chi connectivity index (χ1) is 10.5. The van der Waals surface area contributed by atoms with Gasteiger partial charge in [-0.15, -0.1) is 0 Å². The second-order valence-electron chi connectivity index (χ2n) is 4.59. The molecule has 0 fully saturated rings. The van der Waals surface area contributed by atoms with E-state index in [1.54, 1.807) is 49.4 Å². The number of nitrogens with two attached hydrogens (primary N) is 1. The second kappa shape index (κ2) is 6.95. The zero-order valence-corrected chi connectivity index (χ0v) is 12.6. The minimum atomic E-state index is -0.791. The lowest BCUT2D eigenvalue weighted by molar-refractivity contribution is -0.122. The van der Waals surface area contributed by atoms with Crippen molar-refractivity contribution in [3.05, 3.63) is 59.1 Å². The van der Waals surface area contributed by atoms with E-state index in [1.165, 1.54) is 6.07 Å². The Bertz CT molecular complexity index is 703. The van der Waals surface area contributed by atoms with Crippen LogP contribution in [0.15, 0.2) is 48.5 Å². The van der Waals surface area contributed by atoms with Gasteiger partial charge in [0, 0.05) is 0 Å². The molecule has 0 saturated heterocycles. The third-order valence-electron chi connectivity index (χ3n) is 2.96. The molecule has 3 N–H and O–H groups in total. The predicted octanol–water partition coefficient (Wildman–Crippen LogP) is 2.84. The first-order valence-corrected chi connectivity index (χ1v) is 6.97. The van der Waals surface area contributed by atoms with Gasteiger partial charge >= 0.3 is 0 Å². The van der Waals surface area contributed by atoms with Crippen LogP contribution in [0.3, 0.4) is 0 Å². The molecule has 1 atom stereocenters. The van der Waals surface area contributed by atoms with Gasteiger partial charge in [-0.1, -0.05) is 35.9 Å². The molecule has 6 heteroatoms. The summed E-state index contributed by atoms with van der Waals surface area (Å²) in [5.74, 6) is -0.612. The largest absolute Gasteiger partial charge is 0.479 e. The fraction of sp³-hybridized carbons (Fsp3) is 0.125. The standard InChI is InChI=1S/C16H15ClN2O3/c1-10(22-14-9-5-3-7-12(14)17)16(21)19-13-8-4-2-6-11(13)15(18)20/h2-10H,1H3,(H2,18,20)(H,19,21). The van der Waals surface area contributed by atoms with Crippen LogP contribution in [0.25, 0.3) is 0 Å². The molecule has 0 saturated carbocycles. The van der Waals surface area contributed by atoms with Crippen molar-refractivity contribution in [3.8, 4) is 5.75 Å². The third kappa shape index (κ3) is 3.77. The van der Waals surface area contributed by atoms with Gasteiger partial charge in [0.1, 0.15) is 5.75 Å². The second-order valence-corrected chi connectivity index (χ2v) is 5.00. The van der Waals surface area contributed by atoms with Gasteiger partial charge < -0.3 is 15.8 Å². The Kier molecular flexibility index (Phi) is 5.01. The molecule has 2 aromatic carbocycles. The fourth-order valence-electron chi connectivity index (χ4n) is 1.83. The molecular weight excluding hydrogens is 304 g/mol. The summed E-state index contributed by atoms with van der Waals surface area (Å²) in [6.07, 6.45) is -0.791. The number of carbonyl (C=O) groups is 2. The SMILES string of the molecule is CC(Oc1ccccc1Cl)C(=O)Nc1ccccc1C(N)=O. The fourth-order valence-corrected chi connectivity index (χ4v) is 2.01. The van der Waals surface area contributed by atoms with E-state index in [2.05, 4.69) is 5.32 Å². The van der Waals surface area contributed by atoms with Gasteiger partial charge in [0.2, 0.25) is 0 Å². The van der Waals surface area contributed by atoms with E-state index >= 15 is 0 Å². The Morgan fingerprint density at radius 3 is 2.45 bits per heavy atom. The maximum atomic E-state index is 12.2. The predicted molar refractivity (Wildman–Crippen MR) is 85.1 cm³/mol. The lowest BCUT2D eigenvalue weighted by Gasteiger charge is -2.16. The van der Waals surface area contributed by atoms with Gasteiger partial charge in [0.05, 0.1) is 16.3 Å². The van der Waals surface area contributed by atoms with Crippen molar-refractivity contribution in [2.45, 2.75) is 13.0 Å². The van der Waals surface area contributed by atoms with Gasteiger partial charge in [0.15, 0.2) is 6.10 Å². The molecule has 0 radical (unpaired) electrons. The maximum Gasteiger partial charge on any atom is 0.265 e. The van der Waals surface area contributed by atoms with Crippen LogP contribution in [-0.4, -0.2) is 17.9 Å². The van der Waals surface area contributed by atoms with Crippen LogP contribution >= 0.6 is 11.6 Å². The summed E-state index contributed by atoms with van der Waals surface area (Å²) in [7, 11) is 0.